The third-order valence-electron chi connectivity index (χ3n) is 1.16. The first-order chi connectivity index (χ1) is 4.54. The van der Waals surface area contributed by atoms with Gasteiger partial charge in [-0.2, -0.15) is 0 Å². The van der Waals surface area contributed by atoms with Gasteiger partial charge in [0, 0.05) is 12.1 Å². The maximum atomic E-state index is 5.52. The van der Waals surface area contributed by atoms with Crippen LogP contribution in [0.4, 0.5) is 0 Å². The van der Waals surface area contributed by atoms with E-state index in [9.17, 15) is 0 Å². The van der Waals surface area contributed by atoms with Crippen LogP contribution in [-0.2, 0) is 0 Å². The van der Waals surface area contributed by atoms with Crippen LogP contribution in [0.25, 0.3) is 0 Å². The summed E-state index contributed by atoms with van der Waals surface area (Å²) in [5.74, 6) is 0.0519. The van der Waals surface area contributed by atoms with Gasteiger partial charge >= 0.3 is 0 Å². The number of nitrogens with zero attached hydrogens (tertiary/aromatic N) is 1. The molecular formula is C5H15N5. The highest BCUT2D eigenvalue weighted by Crippen LogP contribution is 1.84. The second kappa shape index (κ2) is 4.08. The van der Waals surface area contributed by atoms with Gasteiger partial charge in [-0.3, -0.25) is 4.99 Å². The molecule has 0 saturated carbocycles. The van der Waals surface area contributed by atoms with Crippen LogP contribution in [0.15, 0.2) is 4.99 Å². The fraction of sp³-hybridized carbons (Fsp3) is 0.800. The van der Waals surface area contributed by atoms with Crippen molar-refractivity contribution < 1.29 is 0 Å². The molecule has 0 aromatic rings. The monoisotopic (exact) mass is 145 g/mol. The molecule has 0 aliphatic rings. The Morgan fingerprint density at radius 2 is 1.90 bits per heavy atom. The van der Waals surface area contributed by atoms with E-state index in [2.05, 4.69) is 4.99 Å². The molecule has 10 heavy (non-hydrogen) atoms. The van der Waals surface area contributed by atoms with Crippen LogP contribution in [0.1, 0.15) is 6.92 Å². The molecular weight excluding hydrogens is 130 g/mol. The number of rotatable bonds is 3. The maximum absolute atomic E-state index is 5.52. The molecule has 0 aromatic heterocycles. The Labute approximate surface area is 60.5 Å². The summed E-state index contributed by atoms with van der Waals surface area (Å²) in [6.45, 7) is 2.20. The highest BCUT2D eigenvalue weighted by molar-refractivity contribution is 5.75. The molecule has 0 radical (unpaired) electrons. The normalized spacial score (nSPS) is 15.9. The lowest BCUT2D eigenvalue weighted by Gasteiger charge is -2.11. The van der Waals surface area contributed by atoms with Gasteiger partial charge in [0.25, 0.3) is 0 Å². The highest BCUT2D eigenvalue weighted by atomic mass is 15.0. The van der Waals surface area contributed by atoms with Crippen molar-refractivity contribution in [3.05, 3.63) is 0 Å². The third-order valence-corrected chi connectivity index (χ3v) is 1.16. The van der Waals surface area contributed by atoms with Gasteiger partial charge in [-0.05, 0) is 6.92 Å². The quantitative estimate of drug-likeness (QED) is 0.270. The van der Waals surface area contributed by atoms with Crippen LogP contribution in [0, 0.1) is 0 Å². The largest absolute Gasteiger partial charge is 0.370 e. The fourth-order valence-corrected chi connectivity index (χ4v) is 0.377. The summed E-state index contributed by atoms with van der Waals surface area (Å²) in [6.07, 6.45) is 0. The standard InChI is InChI=1S/C5H15N5/c1-3(6)4(7)2-10-5(8)9/h3-4H,2,6-7H2,1H3,(H4,8,9,10). The maximum Gasteiger partial charge on any atom is 0.185 e. The van der Waals surface area contributed by atoms with Gasteiger partial charge in [0.15, 0.2) is 5.96 Å². The van der Waals surface area contributed by atoms with Crippen molar-refractivity contribution in [1.29, 1.82) is 0 Å². The summed E-state index contributed by atoms with van der Waals surface area (Å²) in [4.78, 5) is 3.71. The lowest BCUT2D eigenvalue weighted by molar-refractivity contribution is 0.569. The first kappa shape index (κ1) is 9.19. The zero-order valence-electron chi connectivity index (χ0n) is 6.12. The number of hydrogen-bond donors (Lipinski definition) is 4. The molecule has 2 atom stereocenters. The van der Waals surface area contributed by atoms with Gasteiger partial charge in [-0.25, -0.2) is 0 Å². The molecule has 60 valence electrons. The van der Waals surface area contributed by atoms with E-state index >= 15 is 0 Å². The Morgan fingerprint density at radius 3 is 2.20 bits per heavy atom. The third kappa shape index (κ3) is 4.11. The number of guanidine groups is 1. The number of nitrogens with two attached hydrogens (primary N) is 4. The molecule has 0 aromatic carbocycles. The minimum atomic E-state index is -0.165. The van der Waals surface area contributed by atoms with E-state index in [1.165, 1.54) is 0 Å². The van der Waals surface area contributed by atoms with E-state index in [-0.39, 0.29) is 18.0 Å². The van der Waals surface area contributed by atoms with Gasteiger partial charge < -0.3 is 22.9 Å². The molecule has 0 aliphatic carbocycles. The van der Waals surface area contributed by atoms with Crippen molar-refractivity contribution in [2.24, 2.45) is 27.9 Å². The summed E-state index contributed by atoms with van der Waals surface area (Å²) in [5, 5.41) is 0. The Morgan fingerprint density at radius 1 is 1.40 bits per heavy atom. The minimum Gasteiger partial charge on any atom is -0.370 e. The average molecular weight is 145 g/mol. The van der Waals surface area contributed by atoms with Crippen molar-refractivity contribution >= 4 is 5.96 Å². The van der Waals surface area contributed by atoms with E-state index in [4.69, 9.17) is 22.9 Å². The summed E-state index contributed by atoms with van der Waals surface area (Å²) < 4.78 is 0. The molecule has 0 heterocycles. The zero-order chi connectivity index (χ0) is 8.15. The number of hydrogen-bond acceptors (Lipinski definition) is 3. The number of aliphatic imine (C=N–C) groups is 1. The van der Waals surface area contributed by atoms with E-state index in [1.807, 2.05) is 6.92 Å². The molecule has 5 nitrogen and oxygen atoms in total. The topological polar surface area (TPSA) is 116 Å². The fourth-order valence-electron chi connectivity index (χ4n) is 0.377. The summed E-state index contributed by atoms with van der Waals surface area (Å²) in [7, 11) is 0. The second-order valence-electron chi connectivity index (χ2n) is 2.29. The molecule has 2 unspecified atom stereocenters. The lowest BCUT2D eigenvalue weighted by Crippen LogP contribution is -2.42. The van der Waals surface area contributed by atoms with Gasteiger partial charge in [0.1, 0.15) is 0 Å². The average Bonchev–Trinajstić information content (AvgIpc) is 1.82. The van der Waals surface area contributed by atoms with E-state index in [0.717, 1.165) is 0 Å². The second-order valence-corrected chi connectivity index (χ2v) is 2.29. The molecule has 0 amide bonds. The van der Waals surface area contributed by atoms with Crippen molar-refractivity contribution in [2.75, 3.05) is 6.54 Å². The van der Waals surface area contributed by atoms with Gasteiger partial charge in [-0.15, -0.1) is 0 Å². The summed E-state index contributed by atoms with van der Waals surface area (Å²) in [6, 6.07) is -0.245. The molecule has 8 N–H and O–H groups in total. The van der Waals surface area contributed by atoms with E-state index < -0.39 is 0 Å². The van der Waals surface area contributed by atoms with Gasteiger partial charge in [0.2, 0.25) is 0 Å². The molecule has 0 saturated heterocycles. The first-order valence-electron chi connectivity index (χ1n) is 3.10. The molecule has 0 spiro atoms. The Kier molecular flexibility index (Phi) is 3.75. The van der Waals surface area contributed by atoms with Crippen molar-refractivity contribution in [3.8, 4) is 0 Å². The van der Waals surface area contributed by atoms with Crippen LogP contribution in [0.2, 0.25) is 0 Å². The van der Waals surface area contributed by atoms with Crippen LogP contribution < -0.4 is 22.9 Å². The predicted molar refractivity (Wildman–Crippen MR) is 42.3 cm³/mol. The molecule has 0 rings (SSSR count). The van der Waals surface area contributed by atoms with Crippen molar-refractivity contribution in [3.63, 3.8) is 0 Å². The Hall–Kier alpha value is -0.810. The highest BCUT2D eigenvalue weighted by Gasteiger charge is 2.05. The molecule has 0 bridgehead atoms. The Bertz CT molecular complexity index is 115. The van der Waals surface area contributed by atoms with Crippen molar-refractivity contribution in [2.45, 2.75) is 19.0 Å². The van der Waals surface area contributed by atoms with Crippen LogP contribution in [0.3, 0.4) is 0 Å². The molecule has 5 heteroatoms. The molecule has 0 aliphatic heterocycles. The minimum absolute atomic E-state index is 0.0519. The SMILES string of the molecule is CC(N)C(N)CN=C(N)N. The van der Waals surface area contributed by atoms with Crippen LogP contribution in [-0.4, -0.2) is 24.6 Å². The lowest BCUT2D eigenvalue weighted by atomic mass is 10.2. The summed E-state index contributed by atoms with van der Waals surface area (Å²) in [5.41, 5.74) is 21.1. The smallest absolute Gasteiger partial charge is 0.185 e. The molecule has 0 fully saturated rings. The van der Waals surface area contributed by atoms with Crippen LogP contribution >= 0.6 is 0 Å². The van der Waals surface area contributed by atoms with Gasteiger partial charge in [-0.1, -0.05) is 0 Å². The van der Waals surface area contributed by atoms with Crippen LogP contribution in [0.5, 0.6) is 0 Å². The van der Waals surface area contributed by atoms with Gasteiger partial charge in [0.05, 0.1) is 6.54 Å². The van der Waals surface area contributed by atoms with Crippen molar-refractivity contribution in [1.82, 2.24) is 0 Å². The summed E-state index contributed by atoms with van der Waals surface area (Å²) >= 11 is 0. The van der Waals surface area contributed by atoms with E-state index in [1.54, 1.807) is 0 Å². The Balaban J connectivity index is 3.59. The zero-order valence-corrected chi connectivity index (χ0v) is 6.12. The van der Waals surface area contributed by atoms with E-state index in [0.29, 0.717) is 6.54 Å². The first-order valence-corrected chi connectivity index (χ1v) is 3.10. The predicted octanol–water partition coefficient (Wildman–Crippen LogP) is -2.07.